The van der Waals surface area contributed by atoms with E-state index in [-0.39, 0.29) is 6.04 Å². The van der Waals surface area contributed by atoms with Gasteiger partial charge in [-0.2, -0.15) is 5.10 Å². The summed E-state index contributed by atoms with van der Waals surface area (Å²) in [5, 5.41) is 5.60. The Hall–Kier alpha value is -2.11. The van der Waals surface area contributed by atoms with Gasteiger partial charge >= 0.3 is 0 Å². The number of nitrogens with one attached hydrogen (secondary N) is 1. The van der Waals surface area contributed by atoms with Gasteiger partial charge in [-0.15, -0.1) is 0 Å². The van der Waals surface area contributed by atoms with Crippen LogP contribution in [-0.2, 0) is 7.05 Å². The first kappa shape index (κ1) is 11.0. The molecule has 1 unspecified atom stereocenters. The van der Waals surface area contributed by atoms with Crippen LogP contribution in [0, 0.1) is 0 Å². The molecule has 0 amide bonds. The van der Waals surface area contributed by atoms with Crippen molar-refractivity contribution in [2.24, 2.45) is 12.9 Å². The first-order valence-electron chi connectivity index (χ1n) is 5.72. The molecule has 0 aliphatic rings. The molecule has 18 heavy (non-hydrogen) atoms. The van der Waals surface area contributed by atoms with E-state index in [0.29, 0.717) is 0 Å². The van der Waals surface area contributed by atoms with Crippen LogP contribution in [0.15, 0.2) is 47.1 Å². The van der Waals surface area contributed by atoms with Crippen LogP contribution >= 0.6 is 0 Å². The van der Waals surface area contributed by atoms with Crippen molar-refractivity contribution < 1.29 is 4.42 Å². The number of fused-ring (bicyclic) bond motifs is 1. The number of para-hydroxylation sites is 1. The summed E-state index contributed by atoms with van der Waals surface area (Å²) in [6, 6.07) is 11.5. The molecule has 3 aromatic rings. The van der Waals surface area contributed by atoms with E-state index >= 15 is 0 Å². The van der Waals surface area contributed by atoms with Crippen LogP contribution in [-0.4, -0.2) is 9.78 Å². The highest BCUT2D eigenvalue weighted by molar-refractivity contribution is 5.82. The van der Waals surface area contributed by atoms with Crippen molar-refractivity contribution in [3.05, 3.63) is 54.1 Å². The molecule has 0 spiro atoms. The highest BCUT2D eigenvalue weighted by atomic mass is 16.3. The Morgan fingerprint density at radius 1 is 1.28 bits per heavy atom. The lowest BCUT2D eigenvalue weighted by molar-refractivity contribution is 0.446. The Balaban J connectivity index is 2.19. The van der Waals surface area contributed by atoms with Crippen molar-refractivity contribution in [3.8, 4) is 0 Å². The number of nitrogens with zero attached hydrogens (tertiary/aromatic N) is 2. The molecule has 1 atom stereocenters. The summed E-state index contributed by atoms with van der Waals surface area (Å²) in [6.45, 7) is 0. The number of furan rings is 1. The van der Waals surface area contributed by atoms with E-state index in [1.165, 1.54) is 0 Å². The molecule has 3 N–H and O–H groups in total. The van der Waals surface area contributed by atoms with Gasteiger partial charge in [-0.05, 0) is 18.2 Å². The van der Waals surface area contributed by atoms with E-state index in [1.807, 2.05) is 48.1 Å². The maximum Gasteiger partial charge on any atom is 0.128 e. The highest BCUT2D eigenvalue weighted by Gasteiger charge is 2.21. The first-order chi connectivity index (χ1) is 8.81. The van der Waals surface area contributed by atoms with Crippen molar-refractivity contribution in [2.45, 2.75) is 6.04 Å². The second kappa shape index (κ2) is 4.29. The second-order valence-electron chi connectivity index (χ2n) is 4.14. The average Bonchev–Trinajstić information content (AvgIpc) is 3.01. The molecule has 5 nitrogen and oxygen atoms in total. The predicted molar refractivity (Wildman–Crippen MR) is 68.6 cm³/mol. The van der Waals surface area contributed by atoms with E-state index < -0.39 is 0 Å². The van der Waals surface area contributed by atoms with Gasteiger partial charge in [-0.1, -0.05) is 18.2 Å². The number of nitrogens with two attached hydrogens (primary N) is 1. The lowest BCUT2D eigenvalue weighted by Gasteiger charge is -2.10. The zero-order valence-electron chi connectivity index (χ0n) is 10.00. The summed E-state index contributed by atoms with van der Waals surface area (Å²) in [6.07, 6.45) is 1.63. The van der Waals surface area contributed by atoms with Gasteiger partial charge in [-0.25, -0.2) is 5.43 Å². The maximum atomic E-state index is 5.64. The van der Waals surface area contributed by atoms with Gasteiger partial charge in [0, 0.05) is 12.4 Å². The lowest BCUT2D eigenvalue weighted by atomic mass is 10.1. The van der Waals surface area contributed by atoms with Crippen molar-refractivity contribution in [1.29, 1.82) is 0 Å². The molecule has 5 heteroatoms. The smallest absolute Gasteiger partial charge is 0.128 e. The van der Waals surface area contributed by atoms with Crippen LogP contribution < -0.4 is 11.3 Å². The molecule has 0 bridgehead atoms. The highest BCUT2D eigenvalue weighted by Crippen LogP contribution is 2.27. The SMILES string of the molecule is Cn1nc(C(NN)c2ccco2)c2ccccc21. The quantitative estimate of drug-likeness (QED) is 0.542. The number of hydrogen-bond acceptors (Lipinski definition) is 4. The van der Waals surface area contributed by atoms with Gasteiger partial charge in [-0.3, -0.25) is 10.5 Å². The minimum Gasteiger partial charge on any atom is -0.467 e. The van der Waals surface area contributed by atoms with Crippen molar-refractivity contribution in [2.75, 3.05) is 0 Å². The van der Waals surface area contributed by atoms with E-state index in [4.69, 9.17) is 10.3 Å². The minimum atomic E-state index is -0.244. The third kappa shape index (κ3) is 1.61. The molecule has 92 valence electrons. The molecule has 2 aromatic heterocycles. The topological polar surface area (TPSA) is 69.0 Å². The summed E-state index contributed by atoms with van der Waals surface area (Å²) < 4.78 is 7.25. The van der Waals surface area contributed by atoms with Crippen LogP contribution in [0.4, 0.5) is 0 Å². The van der Waals surface area contributed by atoms with E-state index in [9.17, 15) is 0 Å². The number of benzene rings is 1. The Morgan fingerprint density at radius 2 is 2.11 bits per heavy atom. The van der Waals surface area contributed by atoms with Crippen molar-refractivity contribution in [1.82, 2.24) is 15.2 Å². The Morgan fingerprint density at radius 3 is 2.83 bits per heavy atom. The number of hydrogen-bond donors (Lipinski definition) is 2. The van der Waals surface area contributed by atoms with Crippen LogP contribution in [0.3, 0.4) is 0 Å². The fourth-order valence-corrected chi connectivity index (χ4v) is 2.21. The first-order valence-corrected chi connectivity index (χ1v) is 5.72. The van der Waals surface area contributed by atoms with E-state index in [2.05, 4.69) is 10.5 Å². The fraction of sp³-hybridized carbons (Fsp3) is 0.154. The molecule has 0 saturated carbocycles. The normalized spacial score (nSPS) is 13.0. The molecule has 0 aliphatic carbocycles. The molecular weight excluding hydrogens is 228 g/mol. The van der Waals surface area contributed by atoms with Crippen molar-refractivity contribution >= 4 is 10.9 Å². The monoisotopic (exact) mass is 242 g/mol. The summed E-state index contributed by atoms with van der Waals surface area (Å²) in [5.74, 6) is 6.39. The zero-order valence-corrected chi connectivity index (χ0v) is 10.00. The predicted octanol–water partition coefficient (Wildman–Crippen LogP) is 1.72. The largest absolute Gasteiger partial charge is 0.467 e. The Kier molecular flexibility index (Phi) is 2.62. The van der Waals surface area contributed by atoms with E-state index in [0.717, 1.165) is 22.4 Å². The molecule has 1 aromatic carbocycles. The molecule has 3 rings (SSSR count). The number of rotatable bonds is 3. The molecule has 0 aliphatic heterocycles. The number of aromatic nitrogens is 2. The Labute approximate surface area is 104 Å². The van der Waals surface area contributed by atoms with Crippen LogP contribution in [0.2, 0.25) is 0 Å². The van der Waals surface area contributed by atoms with Crippen LogP contribution in [0.5, 0.6) is 0 Å². The number of aryl methyl sites for hydroxylation is 1. The lowest BCUT2D eigenvalue weighted by Crippen LogP contribution is -2.29. The average molecular weight is 242 g/mol. The summed E-state index contributed by atoms with van der Waals surface area (Å²) in [5.41, 5.74) is 4.69. The standard InChI is InChI=1S/C13H14N4O/c1-17-10-6-3-2-5-9(10)12(16-17)13(15-14)11-7-4-8-18-11/h2-8,13,15H,14H2,1H3. The third-order valence-electron chi connectivity index (χ3n) is 3.05. The van der Waals surface area contributed by atoms with Gasteiger partial charge in [0.25, 0.3) is 0 Å². The molecule has 2 heterocycles. The Bertz CT molecular complexity index is 657. The van der Waals surface area contributed by atoms with Gasteiger partial charge < -0.3 is 4.42 Å². The summed E-state index contributed by atoms with van der Waals surface area (Å²) in [7, 11) is 1.92. The number of hydrazine groups is 1. The zero-order chi connectivity index (χ0) is 12.5. The molecule has 0 saturated heterocycles. The minimum absolute atomic E-state index is 0.244. The molecule has 0 fully saturated rings. The maximum absolute atomic E-state index is 5.64. The van der Waals surface area contributed by atoms with Gasteiger partial charge in [0.1, 0.15) is 11.8 Å². The summed E-state index contributed by atoms with van der Waals surface area (Å²) in [4.78, 5) is 0. The van der Waals surface area contributed by atoms with Gasteiger partial charge in [0.15, 0.2) is 0 Å². The summed E-state index contributed by atoms with van der Waals surface area (Å²) >= 11 is 0. The molecule has 0 radical (unpaired) electrons. The van der Waals surface area contributed by atoms with Crippen LogP contribution in [0.1, 0.15) is 17.5 Å². The van der Waals surface area contributed by atoms with Crippen LogP contribution in [0.25, 0.3) is 10.9 Å². The fourth-order valence-electron chi connectivity index (χ4n) is 2.21. The third-order valence-corrected chi connectivity index (χ3v) is 3.05. The van der Waals surface area contributed by atoms with Gasteiger partial charge in [0.2, 0.25) is 0 Å². The van der Waals surface area contributed by atoms with E-state index in [1.54, 1.807) is 6.26 Å². The second-order valence-corrected chi connectivity index (χ2v) is 4.14. The van der Waals surface area contributed by atoms with Crippen molar-refractivity contribution in [3.63, 3.8) is 0 Å². The molecular formula is C13H14N4O. The van der Waals surface area contributed by atoms with Gasteiger partial charge in [0.05, 0.1) is 17.5 Å².